The number of hydrogen-bond donors (Lipinski definition) is 1. The number of ether oxygens (including phenoxy) is 1. The van der Waals surface area contributed by atoms with Crippen LogP contribution in [0.5, 0.6) is 0 Å². The van der Waals surface area contributed by atoms with Gasteiger partial charge in [0.15, 0.2) is 0 Å². The lowest BCUT2D eigenvalue weighted by Crippen LogP contribution is -2.46. The molecule has 1 N–H and O–H groups in total. The molecule has 0 saturated carbocycles. The Labute approximate surface area is 108 Å². The Kier molecular flexibility index (Phi) is 9.72. The van der Waals surface area contributed by atoms with Crippen molar-refractivity contribution in [3.8, 4) is 0 Å². The van der Waals surface area contributed by atoms with E-state index in [0.717, 1.165) is 13.2 Å². The molecule has 17 heavy (non-hydrogen) atoms. The van der Waals surface area contributed by atoms with E-state index in [4.69, 9.17) is 4.74 Å². The molecule has 1 heterocycles. The average molecular weight is 241 g/mol. The third-order valence-electron chi connectivity index (χ3n) is 3.60. The van der Waals surface area contributed by atoms with E-state index in [-0.39, 0.29) is 0 Å². The van der Waals surface area contributed by atoms with Crippen molar-refractivity contribution < 1.29 is 4.74 Å². The number of nitrogens with one attached hydrogen (secondary N) is 1. The van der Waals surface area contributed by atoms with E-state index in [1.54, 1.807) is 0 Å². The fraction of sp³-hybridized carbons (Fsp3) is 1.00. The van der Waals surface area contributed by atoms with Gasteiger partial charge in [0.1, 0.15) is 0 Å². The molecule has 1 rings (SSSR count). The van der Waals surface area contributed by atoms with Gasteiger partial charge < -0.3 is 10.1 Å². The van der Waals surface area contributed by atoms with E-state index in [9.17, 15) is 0 Å². The van der Waals surface area contributed by atoms with Crippen molar-refractivity contribution in [1.29, 1.82) is 0 Å². The first-order valence-electron chi connectivity index (χ1n) is 7.74. The summed E-state index contributed by atoms with van der Waals surface area (Å²) in [6, 6.07) is 0.661. The van der Waals surface area contributed by atoms with Gasteiger partial charge in [0.2, 0.25) is 0 Å². The molecule has 1 aliphatic heterocycles. The normalized spacial score (nSPS) is 16.1. The molecule has 0 spiro atoms. The van der Waals surface area contributed by atoms with Crippen molar-refractivity contribution in [2.24, 2.45) is 0 Å². The topological polar surface area (TPSA) is 21.3 Å². The first kappa shape index (κ1) is 15.0. The summed E-state index contributed by atoms with van der Waals surface area (Å²) in [5.41, 5.74) is 0. The molecule has 0 aliphatic carbocycles. The van der Waals surface area contributed by atoms with Crippen LogP contribution in [0.15, 0.2) is 0 Å². The van der Waals surface area contributed by atoms with Crippen LogP contribution in [0.25, 0.3) is 0 Å². The summed E-state index contributed by atoms with van der Waals surface area (Å²) in [4.78, 5) is 0. The molecule has 0 aromatic carbocycles. The van der Waals surface area contributed by atoms with E-state index in [2.05, 4.69) is 12.2 Å². The summed E-state index contributed by atoms with van der Waals surface area (Å²) in [5, 5.41) is 3.52. The van der Waals surface area contributed by atoms with Gasteiger partial charge in [0, 0.05) is 0 Å². The Hall–Kier alpha value is -0.0800. The van der Waals surface area contributed by atoms with Gasteiger partial charge in [0.25, 0.3) is 0 Å². The zero-order valence-electron chi connectivity index (χ0n) is 11.7. The summed E-state index contributed by atoms with van der Waals surface area (Å²) >= 11 is 0. The van der Waals surface area contributed by atoms with Crippen molar-refractivity contribution in [3.05, 3.63) is 0 Å². The van der Waals surface area contributed by atoms with Gasteiger partial charge in [0.05, 0.1) is 19.3 Å². The zero-order valence-corrected chi connectivity index (χ0v) is 11.7. The molecule has 1 fully saturated rings. The quantitative estimate of drug-likeness (QED) is 0.523. The lowest BCUT2D eigenvalue weighted by atomic mass is 10.1. The molecule has 0 atom stereocenters. The Morgan fingerprint density at radius 3 is 1.82 bits per heavy atom. The van der Waals surface area contributed by atoms with E-state index in [0.29, 0.717) is 6.04 Å². The zero-order chi connectivity index (χ0) is 12.2. The van der Waals surface area contributed by atoms with Crippen LogP contribution >= 0.6 is 0 Å². The van der Waals surface area contributed by atoms with Gasteiger partial charge in [-0.1, -0.05) is 64.7 Å². The van der Waals surface area contributed by atoms with Crippen LogP contribution in [0.4, 0.5) is 0 Å². The predicted octanol–water partition coefficient (Wildman–Crippen LogP) is 3.90. The van der Waals surface area contributed by atoms with Crippen LogP contribution in [0, 0.1) is 0 Å². The van der Waals surface area contributed by atoms with E-state index < -0.39 is 0 Å². The van der Waals surface area contributed by atoms with Gasteiger partial charge in [-0.25, -0.2) is 0 Å². The maximum absolute atomic E-state index is 5.12. The highest BCUT2D eigenvalue weighted by molar-refractivity contribution is 4.72. The summed E-state index contributed by atoms with van der Waals surface area (Å²) in [6.07, 6.45) is 14.2. The highest BCUT2D eigenvalue weighted by Gasteiger charge is 2.16. The standard InChI is InChI=1S/C15H31NO/c1-2-3-4-5-6-7-8-9-10-11-12-16-15-13-17-14-15/h15-16H,2-14H2,1H3. The molecule has 2 nitrogen and oxygen atoms in total. The Morgan fingerprint density at radius 1 is 0.824 bits per heavy atom. The van der Waals surface area contributed by atoms with Crippen LogP contribution in [0.1, 0.15) is 71.1 Å². The number of unbranched alkanes of at least 4 members (excludes halogenated alkanes) is 9. The summed E-state index contributed by atoms with van der Waals surface area (Å²) < 4.78 is 5.12. The second-order valence-electron chi connectivity index (χ2n) is 5.37. The van der Waals surface area contributed by atoms with Crippen molar-refractivity contribution in [1.82, 2.24) is 5.32 Å². The second kappa shape index (κ2) is 11.0. The predicted molar refractivity (Wildman–Crippen MR) is 74.5 cm³/mol. The highest BCUT2D eigenvalue weighted by atomic mass is 16.5. The van der Waals surface area contributed by atoms with Crippen molar-refractivity contribution in [3.63, 3.8) is 0 Å². The molecule has 0 bridgehead atoms. The number of rotatable bonds is 12. The summed E-state index contributed by atoms with van der Waals surface area (Å²) in [5.74, 6) is 0. The molecule has 0 aromatic rings. The maximum atomic E-state index is 5.12. The largest absolute Gasteiger partial charge is 0.378 e. The first-order valence-corrected chi connectivity index (χ1v) is 7.74. The molecule has 0 unspecified atom stereocenters. The molecule has 0 amide bonds. The smallest absolute Gasteiger partial charge is 0.0643 e. The van der Waals surface area contributed by atoms with Gasteiger partial charge in [-0.15, -0.1) is 0 Å². The Morgan fingerprint density at radius 2 is 1.35 bits per heavy atom. The van der Waals surface area contributed by atoms with Crippen LogP contribution in [-0.4, -0.2) is 25.8 Å². The molecular weight excluding hydrogens is 210 g/mol. The Bertz CT molecular complexity index is 157. The fourth-order valence-corrected chi connectivity index (χ4v) is 2.27. The third-order valence-corrected chi connectivity index (χ3v) is 3.60. The first-order chi connectivity index (χ1) is 8.43. The van der Waals surface area contributed by atoms with Crippen molar-refractivity contribution >= 4 is 0 Å². The van der Waals surface area contributed by atoms with E-state index in [1.807, 2.05) is 0 Å². The molecule has 0 radical (unpaired) electrons. The minimum absolute atomic E-state index is 0.661. The highest BCUT2D eigenvalue weighted by Crippen LogP contribution is 2.10. The molecule has 1 saturated heterocycles. The minimum atomic E-state index is 0.661. The van der Waals surface area contributed by atoms with Crippen LogP contribution < -0.4 is 5.32 Å². The maximum Gasteiger partial charge on any atom is 0.0643 e. The Balaban J connectivity index is 1.64. The lowest BCUT2D eigenvalue weighted by Gasteiger charge is -2.26. The second-order valence-corrected chi connectivity index (χ2v) is 5.37. The lowest BCUT2D eigenvalue weighted by molar-refractivity contribution is -0.00497. The molecule has 0 aromatic heterocycles. The molecule has 102 valence electrons. The van der Waals surface area contributed by atoms with E-state index in [1.165, 1.54) is 70.8 Å². The summed E-state index contributed by atoms with van der Waals surface area (Å²) in [6.45, 7) is 5.32. The van der Waals surface area contributed by atoms with Crippen molar-refractivity contribution in [2.45, 2.75) is 77.2 Å². The van der Waals surface area contributed by atoms with Gasteiger partial charge in [-0.05, 0) is 13.0 Å². The van der Waals surface area contributed by atoms with Crippen LogP contribution in [-0.2, 0) is 4.74 Å². The van der Waals surface area contributed by atoms with Gasteiger partial charge in [-0.3, -0.25) is 0 Å². The van der Waals surface area contributed by atoms with Crippen LogP contribution in [0.3, 0.4) is 0 Å². The minimum Gasteiger partial charge on any atom is -0.378 e. The monoisotopic (exact) mass is 241 g/mol. The number of hydrogen-bond acceptors (Lipinski definition) is 2. The molecule has 2 heteroatoms. The third kappa shape index (κ3) is 8.62. The van der Waals surface area contributed by atoms with Gasteiger partial charge in [-0.2, -0.15) is 0 Å². The van der Waals surface area contributed by atoms with Crippen molar-refractivity contribution in [2.75, 3.05) is 19.8 Å². The molecular formula is C15H31NO. The molecule has 1 aliphatic rings. The SMILES string of the molecule is CCCCCCCCCCCCNC1COC1. The van der Waals surface area contributed by atoms with Crippen LogP contribution in [0.2, 0.25) is 0 Å². The van der Waals surface area contributed by atoms with E-state index >= 15 is 0 Å². The average Bonchev–Trinajstić information content (AvgIpc) is 2.28. The summed E-state index contributed by atoms with van der Waals surface area (Å²) in [7, 11) is 0. The fourth-order valence-electron chi connectivity index (χ4n) is 2.27. The van der Waals surface area contributed by atoms with Gasteiger partial charge >= 0.3 is 0 Å².